The number of rotatable bonds is 13. The van der Waals surface area contributed by atoms with Crippen molar-refractivity contribution in [3.63, 3.8) is 0 Å². The van der Waals surface area contributed by atoms with E-state index >= 15 is 0 Å². The quantitative estimate of drug-likeness (QED) is 0.124. The van der Waals surface area contributed by atoms with Gasteiger partial charge in [-0.2, -0.15) is 13.2 Å². The number of carbonyl (C=O) groups is 6. The highest BCUT2D eigenvalue weighted by Crippen LogP contribution is 2.30. The van der Waals surface area contributed by atoms with Crippen molar-refractivity contribution in [2.24, 2.45) is 11.3 Å². The maximum Gasteiger partial charge on any atom is 0.445 e. The first-order valence-electron chi connectivity index (χ1n) is 12.0. The highest BCUT2D eigenvalue weighted by molar-refractivity contribution is 5.98. The van der Waals surface area contributed by atoms with Crippen LogP contribution in [0.2, 0.25) is 0 Å². The lowest BCUT2D eigenvalue weighted by Crippen LogP contribution is -2.65. The lowest BCUT2D eigenvalue weighted by molar-refractivity contribution is -0.357. The Balaban J connectivity index is 6.36. The summed E-state index contributed by atoms with van der Waals surface area (Å²) in [6.45, 7) is 7.01. The zero-order valence-electron chi connectivity index (χ0n) is 23.5. The molecule has 0 radical (unpaired) electrons. The number of carboxylic acids is 1. The average Bonchev–Trinajstić information content (AvgIpc) is 2.78. The summed E-state index contributed by atoms with van der Waals surface area (Å²) in [5.41, 5.74) is -2.04. The SMILES string of the molecule is CC(=O)N[C@H](C(=O)N[C@H](C(=O)N[C@@H](CC(=O)N(C)C)C(=O)N[C@@H](C)C(O)(O)C(F)(F)F)C(C)(C)C(=O)O)C(C)C. The van der Waals surface area contributed by atoms with Crippen molar-refractivity contribution in [2.45, 2.75) is 84.1 Å². The van der Waals surface area contributed by atoms with Crippen molar-refractivity contribution in [3.05, 3.63) is 0 Å². The highest BCUT2D eigenvalue weighted by atomic mass is 19.4. The Labute approximate surface area is 229 Å². The second-order valence-electron chi connectivity index (χ2n) is 10.4. The third-order valence-corrected chi connectivity index (χ3v) is 6.02. The van der Waals surface area contributed by atoms with E-state index in [4.69, 9.17) is 0 Å². The number of amides is 5. The largest absolute Gasteiger partial charge is 0.481 e. The first-order valence-corrected chi connectivity index (χ1v) is 12.0. The van der Waals surface area contributed by atoms with E-state index in [1.165, 1.54) is 14.1 Å². The van der Waals surface area contributed by atoms with Crippen LogP contribution in [-0.2, 0) is 28.8 Å². The van der Waals surface area contributed by atoms with Crippen molar-refractivity contribution in [1.82, 2.24) is 26.2 Å². The zero-order chi connectivity index (χ0) is 32.0. The third-order valence-electron chi connectivity index (χ3n) is 6.02. The molecule has 0 aliphatic rings. The predicted octanol–water partition coefficient (Wildman–Crippen LogP) is -1.55. The lowest BCUT2D eigenvalue weighted by Gasteiger charge is -2.34. The number of halogens is 3. The van der Waals surface area contributed by atoms with Gasteiger partial charge in [0.15, 0.2) is 0 Å². The molecular weight excluding hydrogens is 547 g/mol. The molecule has 4 atom stereocenters. The summed E-state index contributed by atoms with van der Waals surface area (Å²) in [4.78, 5) is 75.9. The van der Waals surface area contributed by atoms with Gasteiger partial charge in [0.05, 0.1) is 17.9 Å². The van der Waals surface area contributed by atoms with Gasteiger partial charge in [0, 0.05) is 21.0 Å². The Morgan fingerprint density at radius 2 is 1.32 bits per heavy atom. The fourth-order valence-electron chi connectivity index (χ4n) is 3.16. The summed E-state index contributed by atoms with van der Waals surface area (Å²) in [6, 6.07) is -7.42. The minimum absolute atomic E-state index is 0.510. The highest BCUT2D eigenvalue weighted by Gasteiger charge is 2.57. The molecule has 5 amide bonds. The molecule has 0 spiro atoms. The second-order valence-corrected chi connectivity index (χ2v) is 10.4. The van der Waals surface area contributed by atoms with Gasteiger partial charge in [-0.25, -0.2) is 0 Å². The van der Waals surface area contributed by atoms with Crippen LogP contribution in [0.1, 0.15) is 48.0 Å². The molecule has 0 aromatic carbocycles. The number of hydrogen-bond acceptors (Lipinski definition) is 8. The molecule has 0 aromatic heterocycles. The van der Waals surface area contributed by atoms with E-state index < -0.39 is 89.4 Å². The van der Waals surface area contributed by atoms with Gasteiger partial charge in [0.1, 0.15) is 18.1 Å². The fourth-order valence-corrected chi connectivity index (χ4v) is 3.16. The van der Waals surface area contributed by atoms with Gasteiger partial charge in [0.25, 0.3) is 5.79 Å². The number of carboxylic acid groups (broad SMARTS) is 1. The van der Waals surface area contributed by atoms with E-state index in [9.17, 15) is 57.3 Å². The molecule has 17 heteroatoms. The maximum atomic E-state index is 13.3. The van der Waals surface area contributed by atoms with E-state index in [-0.39, 0.29) is 0 Å². The molecule has 0 unspecified atom stereocenters. The maximum absolute atomic E-state index is 13.3. The Hall–Kier alpha value is -3.47. The van der Waals surface area contributed by atoms with Crippen molar-refractivity contribution >= 4 is 35.5 Å². The summed E-state index contributed by atoms with van der Waals surface area (Å²) in [5.74, 6) is -11.5. The van der Waals surface area contributed by atoms with Crippen LogP contribution in [-0.4, -0.2) is 106 Å². The Morgan fingerprint density at radius 3 is 1.70 bits per heavy atom. The number of nitrogens with one attached hydrogen (secondary N) is 4. The van der Waals surface area contributed by atoms with Gasteiger partial charge >= 0.3 is 12.1 Å². The first-order chi connectivity index (χ1) is 17.9. The molecule has 0 aromatic rings. The smallest absolute Gasteiger partial charge is 0.445 e. The van der Waals surface area contributed by atoms with Crippen molar-refractivity contribution in [3.8, 4) is 0 Å². The number of carbonyl (C=O) groups excluding carboxylic acids is 5. The van der Waals surface area contributed by atoms with Gasteiger partial charge < -0.3 is 41.5 Å². The number of aliphatic carboxylic acids is 1. The molecule has 0 heterocycles. The van der Waals surface area contributed by atoms with E-state index in [1.807, 2.05) is 0 Å². The Morgan fingerprint density at radius 1 is 0.825 bits per heavy atom. The zero-order valence-corrected chi connectivity index (χ0v) is 23.5. The van der Waals surface area contributed by atoms with Crippen LogP contribution in [0.25, 0.3) is 0 Å². The summed E-state index contributed by atoms with van der Waals surface area (Å²) in [7, 11) is 2.56. The van der Waals surface area contributed by atoms with Crippen molar-refractivity contribution in [2.75, 3.05) is 14.1 Å². The Kier molecular flexibility index (Phi) is 12.5. The van der Waals surface area contributed by atoms with Crippen molar-refractivity contribution in [1.29, 1.82) is 0 Å². The van der Waals surface area contributed by atoms with Gasteiger partial charge in [-0.15, -0.1) is 0 Å². The minimum atomic E-state index is -5.58. The van der Waals surface area contributed by atoms with Crippen LogP contribution >= 0.6 is 0 Å². The molecule has 40 heavy (non-hydrogen) atoms. The molecule has 0 aliphatic carbocycles. The summed E-state index contributed by atoms with van der Waals surface area (Å²) in [6.07, 6.45) is -6.42. The molecular formula is C23H38F3N5O9. The van der Waals surface area contributed by atoms with Gasteiger partial charge in [0.2, 0.25) is 29.5 Å². The van der Waals surface area contributed by atoms with E-state index in [1.54, 1.807) is 19.2 Å². The lowest BCUT2D eigenvalue weighted by atomic mass is 9.83. The number of alkyl halides is 3. The fraction of sp³-hybridized carbons (Fsp3) is 0.739. The monoisotopic (exact) mass is 585 g/mol. The first kappa shape index (κ1) is 36.5. The number of nitrogens with zero attached hydrogens (tertiary/aromatic N) is 1. The van der Waals surface area contributed by atoms with Crippen LogP contribution in [0.5, 0.6) is 0 Å². The molecule has 7 N–H and O–H groups in total. The molecule has 14 nitrogen and oxygen atoms in total. The van der Waals surface area contributed by atoms with Crippen LogP contribution in [0, 0.1) is 11.3 Å². The van der Waals surface area contributed by atoms with Crippen molar-refractivity contribution < 1.29 is 57.3 Å². The molecule has 0 aliphatic heterocycles. The van der Waals surface area contributed by atoms with Crippen LogP contribution in [0.4, 0.5) is 13.2 Å². The topological polar surface area (TPSA) is 214 Å². The second kappa shape index (κ2) is 13.7. The minimum Gasteiger partial charge on any atom is -0.481 e. The molecule has 0 saturated heterocycles. The Bertz CT molecular complexity index is 984. The van der Waals surface area contributed by atoms with E-state index in [0.717, 1.165) is 25.7 Å². The van der Waals surface area contributed by atoms with Gasteiger partial charge in [-0.05, 0) is 26.7 Å². The van der Waals surface area contributed by atoms with Crippen LogP contribution in [0.3, 0.4) is 0 Å². The normalized spacial score (nSPS) is 15.2. The summed E-state index contributed by atoms with van der Waals surface area (Å²) < 4.78 is 39.0. The molecule has 230 valence electrons. The van der Waals surface area contributed by atoms with Gasteiger partial charge in [-0.1, -0.05) is 13.8 Å². The summed E-state index contributed by atoms with van der Waals surface area (Å²) in [5, 5.41) is 36.9. The van der Waals surface area contributed by atoms with E-state index in [2.05, 4.69) is 16.0 Å². The molecule has 0 fully saturated rings. The predicted molar refractivity (Wildman–Crippen MR) is 132 cm³/mol. The van der Waals surface area contributed by atoms with E-state index in [0.29, 0.717) is 6.92 Å². The van der Waals surface area contributed by atoms with Gasteiger partial charge in [-0.3, -0.25) is 28.8 Å². The average molecular weight is 586 g/mol. The van der Waals surface area contributed by atoms with Crippen LogP contribution in [0.15, 0.2) is 0 Å². The molecule has 0 bridgehead atoms. The standard InChI is InChI=1S/C23H38F3N5O9/c1-10(2)15(28-12(4)32)18(35)30-16(21(5,6)20(37)38)19(36)29-13(9-14(33)31(7)8)17(34)27-11(3)22(39,40)23(24,25)26/h10-11,13,15-16,39-40H,9H2,1-8H3,(H,27,34)(H,28,32)(H,29,36)(H,30,35)(H,37,38)/t11-,13-,15-,16+/m0/s1. The number of hydrogen-bond donors (Lipinski definition) is 7. The molecule has 0 rings (SSSR count). The molecule has 0 saturated carbocycles. The van der Waals surface area contributed by atoms with Crippen LogP contribution < -0.4 is 21.3 Å². The summed E-state index contributed by atoms with van der Waals surface area (Å²) >= 11 is 0. The number of aliphatic hydroxyl groups is 2. The third kappa shape index (κ3) is 9.62.